The summed E-state index contributed by atoms with van der Waals surface area (Å²) in [6, 6.07) is -1.21. The lowest BCUT2D eigenvalue weighted by Crippen LogP contribution is -2.89. The average molecular weight is 339 g/mol. The molecular formula is C12H34N6O3Si. The van der Waals surface area contributed by atoms with Crippen LogP contribution in [0.5, 0.6) is 0 Å². The maximum atomic E-state index is 6.54. The summed E-state index contributed by atoms with van der Waals surface area (Å²) in [5.74, 6) is -1.47. The van der Waals surface area contributed by atoms with E-state index in [4.69, 9.17) is 41.9 Å². The molecule has 0 saturated carbocycles. The van der Waals surface area contributed by atoms with Gasteiger partial charge >= 0.3 is 8.80 Å². The molecule has 0 aliphatic carbocycles. The van der Waals surface area contributed by atoms with Crippen LogP contribution in [-0.4, -0.2) is 51.8 Å². The highest BCUT2D eigenvalue weighted by molar-refractivity contribution is 6.64. The summed E-state index contributed by atoms with van der Waals surface area (Å²) in [6.07, 6.45) is 0. The van der Waals surface area contributed by atoms with Crippen molar-refractivity contribution in [1.29, 1.82) is 0 Å². The van der Waals surface area contributed by atoms with Crippen molar-refractivity contribution in [3.05, 3.63) is 0 Å². The van der Waals surface area contributed by atoms with Gasteiger partial charge in [-0.2, -0.15) is 0 Å². The highest BCUT2D eigenvalue weighted by Gasteiger charge is 2.63. The van der Waals surface area contributed by atoms with Crippen LogP contribution in [0, 0.1) is 0 Å². The summed E-state index contributed by atoms with van der Waals surface area (Å²) in [5.41, 5.74) is 30.5. The van der Waals surface area contributed by atoms with E-state index in [2.05, 4.69) is 5.32 Å². The second-order valence-electron chi connectivity index (χ2n) is 5.36. The molecule has 0 aliphatic rings. The molecule has 0 aliphatic heterocycles. The van der Waals surface area contributed by atoms with E-state index < -0.39 is 32.0 Å². The number of nitrogens with two attached hydrogens (primary N) is 5. The molecule has 0 radical (unpaired) electrons. The molecule has 0 aromatic rings. The van der Waals surface area contributed by atoms with E-state index in [0.29, 0.717) is 19.8 Å². The molecule has 11 N–H and O–H groups in total. The Morgan fingerprint density at radius 2 is 1.23 bits per heavy atom. The van der Waals surface area contributed by atoms with E-state index >= 15 is 0 Å². The van der Waals surface area contributed by atoms with Gasteiger partial charge in [-0.25, -0.2) is 0 Å². The van der Waals surface area contributed by atoms with Crippen molar-refractivity contribution in [3.63, 3.8) is 0 Å². The Morgan fingerprint density at radius 1 is 0.864 bits per heavy atom. The molecule has 9 nitrogen and oxygen atoms in total. The van der Waals surface area contributed by atoms with Crippen LogP contribution in [0.4, 0.5) is 0 Å². The Morgan fingerprint density at radius 3 is 1.45 bits per heavy atom. The van der Waals surface area contributed by atoms with Gasteiger partial charge in [-0.1, -0.05) is 0 Å². The Labute approximate surface area is 134 Å². The molecule has 3 unspecified atom stereocenters. The molecule has 0 heterocycles. The lowest BCUT2D eigenvalue weighted by Gasteiger charge is -2.49. The summed E-state index contributed by atoms with van der Waals surface area (Å²) in [7, 11) is -3.44. The largest absolute Gasteiger partial charge is 0.539 e. The predicted octanol–water partition coefficient (Wildman–Crippen LogP) is -1.92. The van der Waals surface area contributed by atoms with E-state index in [9.17, 15) is 0 Å². The quantitative estimate of drug-likeness (QED) is 0.186. The Hall–Kier alpha value is -0.143. The van der Waals surface area contributed by atoms with Crippen LogP contribution in [0.3, 0.4) is 0 Å². The van der Waals surface area contributed by atoms with Crippen molar-refractivity contribution in [1.82, 2.24) is 5.32 Å². The third-order valence-corrected chi connectivity index (χ3v) is 7.00. The lowest BCUT2D eigenvalue weighted by atomic mass is 10.1. The molecule has 3 atom stereocenters. The lowest BCUT2D eigenvalue weighted by molar-refractivity contribution is 0.0226. The van der Waals surface area contributed by atoms with Crippen LogP contribution < -0.4 is 34.0 Å². The van der Waals surface area contributed by atoms with Gasteiger partial charge in [-0.15, -0.1) is 0 Å². The second-order valence-corrected chi connectivity index (χ2v) is 8.17. The van der Waals surface area contributed by atoms with Gasteiger partial charge in [0.25, 0.3) is 0 Å². The molecule has 0 fully saturated rings. The molecule has 0 rings (SSSR count). The first-order valence-corrected chi connectivity index (χ1v) is 9.34. The standard InChI is InChI=1S/C12H34N6O3Si/c1-6-19-22(20-7-2,21-8-3)12(17,10(5)14)18-11(15,16)9(4)13/h9-10,18H,6-8,13-17H2,1-5H3. The molecule has 0 bridgehead atoms. The summed E-state index contributed by atoms with van der Waals surface area (Å²) in [4.78, 5) is 0. The third-order valence-electron chi connectivity index (χ3n) is 3.40. The molecule has 10 heteroatoms. The molecule has 0 saturated heterocycles. The molecule has 0 spiro atoms. The van der Waals surface area contributed by atoms with Crippen molar-refractivity contribution >= 4 is 8.80 Å². The van der Waals surface area contributed by atoms with Gasteiger partial charge in [0, 0.05) is 31.9 Å². The SMILES string of the molecule is CCO[Si](OCC)(OCC)C(N)(NC(N)(N)C(C)N)C(C)N. The molecule has 0 aromatic heterocycles. The van der Waals surface area contributed by atoms with Crippen LogP contribution in [0.25, 0.3) is 0 Å². The van der Waals surface area contributed by atoms with Crippen LogP contribution >= 0.6 is 0 Å². The fraction of sp³-hybridized carbons (Fsp3) is 1.00. The third kappa shape index (κ3) is 4.68. The number of hydrogen-bond acceptors (Lipinski definition) is 9. The van der Waals surface area contributed by atoms with E-state index in [0.717, 1.165) is 0 Å². The number of hydrogen-bond donors (Lipinski definition) is 6. The summed E-state index contributed by atoms with van der Waals surface area (Å²) >= 11 is 0. The first kappa shape index (κ1) is 21.9. The van der Waals surface area contributed by atoms with Gasteiger partial charge in [0.1, 0.15) is 5.79 Å². The Bertz CT molecular complexity index is 315. The van der Waals surface area contributed by atoms with Gasteiger partial charge in [0.05, 0.1) is 0 Å². The molecule has 22 heavy (non-hydrogen) atoms. The van der Waals surface area contributed by atoms with Crippen LogP contribution in [0.15, 0.2) is 0 Å². The highest BCUT2D eigenvalue weighted by Crippen LogP contribution is 2.25. The maximum absolute atomic E-state index is 6.54. The molecule has 0 aromatic carbocycles. The second kappa shape index (κ2) is 8.64. The maximum Gasteiger partial charge on any atom is 0.539 e. The monoisotopic (exact) mass is 338 g/mol. The number of nitrogens with one attached hydrogen (secondary N) is 1. The van der Waals surface area contributed by atoms with Crippen LogP contribution in [0.2, 0.25) is 0 Å². The topological polar surface area (TPSA) is 170 Å². The van der Waals surface area contributed by atoms with Gasteiger partial charge in [0.2, 0.25) is 0 Å². The summed E-state index contributed by atoms with van der Waals surface area (Å²) < 4.78 is 17.5. The summed E-state index contributed by atoms with van der Waals surface area (Å²) in [5, 5.41) is 1.54. The minimum absolute atomic E-state index is 0.347. The van der Waals surface area contributed by atoms with Crippen molar-refractivity contribution in [2.45, 2.75) is 57.8 Å². The normalized spacial score (nSPS) is 18.8. The van der Waals surface area contributed by atoms with Crippen molar-refractivity contribution in [2.75, 3.05) is 19.8 Å². The van der Waals surface area contributed by atoms with E-state index in [1.54, 1.807) is 13.8 Å². The molecule has 134 valence electrons. The Kier molecular flexibility index (Phi) is 8.58. The minimum Gasteiger partial charge on any atom is -0.372 e. The van der Waals surface area contributed by atoms with Gasteiger partial charge in [-0.05, 0) is 34.6 Å². The first-order chi connectivity index (χ1) is 10.0. The molecule has 0 amide bonds. The van der Waals surface area contributed by atoms with Crippen molar-refractivity contribution < 1.29 is 13.3 Å². The van der Waals surface area contributed by atoms with E-state index in [1.807, 2.05) is 20.8 Å². The van der Waals surface area contributed by atoms with Gasteiger partial charge in [-0.3, -0.25) is 16.8 Å². The predicted molar refractivity (Wildman–Crippen MR) is 89.1 cm³/mol. The van der Waals surface area contributed by atoms with Crippen LogP contribution in [-0.2, 0) is 13.3 Å². The average Bonchev–Trinajstić information content (AvgIpc) is 2.38. The molecular weight excluding hydrogens is 304 g/mol. The summed E-state index contributed by atoms with van der Waals surface area (Å²) in [6.45, 7) is 9.89. The zero-order chi connectivity index (χ0) is 17.6. The van der Waals surface area contributed by atoms with Crippen LogP contribution in [0.1, 0.15) is 34.6 Å². The fourth-order valence-corrected chi connectivity index (χ4v) is 5.03. The minimum atomic E-state index is -3.44. The van der Waals surface area contributed by atoms with Crippen molar-refractivity contribution in [3.8, 4) is 0 Å². The van der Waals surface area contributed by atoms with E-state index in [-0.39, 0.29) is 0 Å². The van der Waals surface area contributed by atoms with Gasteiger partial charge < -0.3 is 30.5 Å². The Balaban J connectivity index is 5.88. The zero-order valence-corrected chi connectivity index (χ0v) is 15.4. The number of rotatable bonds is 11. The fourth-order valence-electron chi connectivity index (χ4n) is 1.99. The smallest absolute Gasteiger partial charge is 0.372 e. The van der Waals surface area contributed by atoms with Crippen molar-refractivity contribution in [2.24, 2.45) is 28.7 Å². The zero-order valence-electron chi connectivity index (χ0n) is 14.4. The van der Waals surface area contributed by atoms with Gasteiger partial charge in [0.15, 0.2) is 5.29 Å². The first-order valence-electron chi connectivity index (χ1n) is 7.61. The highest BCUT2D eigenvalue weighted by atomic mass is 28.4. The van der Waals surface area contributed by atoms with E-state index in [1.165, 1.54) is 0 Å².